The van der Waals surface area contributed by atoms with Crippen LogP contribution in [0, 0.1) is 10.8 Å². The van der Waals surface area contributed by atoms with Crippen LogP contribution < -0.4 is 16.8 Å². The number of anilines is 1. The van der Waals surface area contributed by atoms with Gasteiger partial charge in [0.05, 0.1) is 0 Å². The maximum Gasteiger partial charge on any atom is 0.223 e. The number of aldehydes is 1. The van der Waals surface area contributed by atoms with Crippen molar-refractivity contribution in [3.05, 3.63) is 30.3 Å². The van der Waals surface area contributed by atoms with Gasteiger partial charge in [0, 0.05) is 27.1 Å². The van der Waals surface area contributed by atoms with Crippen molar-refractivity contribution >= 4 is 29.6 Å². The average molecular weight is 434 g/mol. The monoisotopic (exact) mass is 433 g/mol. The number of primary amides is 1. The smallest absolute Gasteiger partial charge is 0.223 e. The van der Waals surface area contributed by atoms with Gasteiger partial charge in [-0.3, -0.25) is 4.79 Å². The zero-order chi connectivity index (χ0) is 22.8. The fourth-order valence-corrected chi connectivity index (χ4v) is 7.64. The fourth-order valence-electron chi connectivity index (χ4n) is 5.28. The molecule has 1 aromatic rings. The van der Waals surface area contributed by atoms with Gasteiger partial charge in [-0.2, -0.15) is 0 Å². The molecule has 0 spiro atoms. The van der Waals surface area contributed by atoms with Crippen LogP contribution in [-0.4, -0.2) is 33.8 Å². The number of nitrogens with two attached hydrogens (primary N) is 2. The summed E-state index contributed by atoms with van der Waals surface area (Å²) in [5.74, 6) is -0.208. The molecule has 0 saturated heterocycles. The molecule has 0 heterocycles. The van der Waals surface area contributed by atoms with Crippen LogP contribution >= 0.6 is 11.8 Å². The van der Waals surface area contributed by atoms with E-state index in [4.69, 9.17) is 11.5 Å². The third-order valence-corrected chi connectivity index (χ3v) is 8.37. The number of para-hydroxylation sites is 1. The van der Waals surface area contributed by atoms with Gasteiger partial charge in [0.1, 0.15) is 11.8 Å². The van der Waals surface area contributed by atoms with E-state index in [0.29, 0.717) is 0 Å². The summed E-state index contributed by atoms with van der Waals surface area (Å²) in [7, 11) is 0. The summed E-state index contributed by atoms with van der Waals surface area (Å²) >= 11 is 1.91. The van der Waals surface area contributed by atoms with E-state index in [1.165, 1.54) is 0 Å². The number of thioether (sulfide) groups is 1. The number of benzene rings is 1. The van der Waals surface area contributed by atoms with Crippen LogP contribution in [0.4, 0.5) is 5.69 Å². The molecule has 0 radical (unpaired) electrons. The molecule has 1 amide bonds. The Morgan fingerprint density at radius 1 is 1.17 bits per heavy atom. The molecule has 0 aliphatic heterocycles. The van der Waals surface area contributed by atoms with Gasteiger partial charge < -0.3 is 21.6 Å². The molecule has 1 aliphatic carbocycles. The molecule has 1 fully saturated rings. The first-order chi connectivity index (χ1) is 13.7. The van der Waals surface area contributed by atoms with Crippen LogP contribution in [-0.2, 0) is 9.59 Å². The first-order valence-electron chi connectivity index (χ1n) is 10.7. The van der Waals surface area contributed by atoms with E-state index < -0.39 is 16.4 Å². The highest BCUT2D eigenvalue weighted by molar-refractivity contribution is 8.01. The van der Waals surface area contributed by atoms with E-state index in [2.05, 4.69) is 39.9 Å². The fraction of sp³-hybridized carbons (Fsp3) is 0.667. The quantitative estimate of drug-likeness (QED) is 0.476. The summed E-state index contributed by atoms with van der Waals surface area (Å²) in [6.45, 7) is 13.1. The zero-order valence-corrected chi connectivity index (χ0v) is 20.2. The lowest BCUT2D eigenvalue weighted by Gasteiger charge is -2.48. The molecule has 1 aliphatic rings. The number of amides is 1. The molecule has 1 saturated carbocycles. The standard InChI is InChI=1S/C24H39N3O2S/c1-20(2,24(16-25,17-28)27-18-10-8-7-9-11-18)14-21(3,4)30-23(6)13-12-22(5,15-23)19(26)29/h7-11,17,27H,12-16,25H2,1-6H3,(H2,26,29). The molecule has 3 atom stereocenters. The molecule has 6 heteroatoms. The highest BCUT2D eigenvalue weighted by Crippen LogP contribution is 2.56. The lowest BCUT2D eigenvalue weighted by molar-refractivity contribution is -0.126. The van der Waals surface area contributed by atoms with Gasteiger partial charge in [0.2, 0.25) is 5.91 Å². The van der Waals surface area contributed by atoms with Crippen LogP contribution in [0.25, 0.3) is 0 Å². The van der Waals surface area contributed by atoms with Crippen molar-refractivity contribution in [1.82, 2.24) is 0 Å². The van der Waals surface area contributed by atoms with E-state index in [1.807, 2.05) is 49.0 Å². The minimum atomic E-state index is -0.884. The summed E-state index contributed by atoms with van der Waals surface area (Å²) in [4.78, 5) is 24.3. The van der Waals surface area contributed by atoms with E-state index in [-0.39, 0.29) is 21.9 Å². The van der Waals surface area contributed by atoms with Gasteiger partial charge in [0.25, 0.3) is 0 Å². The van der Waals surface area contributed by atoms with Crippen LogP contribution in [0.3, 0.4) is 0 Å². The second kappa shape index (κ2) is 8.54. The number of carbonyl (C=O) groups excluding carboxylic acids is 2. The third kappa shape index (κ3) is 5.20. The predicted octanol–water partition coefficient (Wildman–Crippen LogP) is 4.36. The van der Waals surface area contributed by atoms with Crippen molar-refractivity contribution in [2.45, 2.75) is 82.3 Å². The van der Waals surface area contributed by atoms with Gasteiger partial charge in [-0.05, 0) is 43.2 Å². The first kappa shape index (κ1) is 24.7. The predicted molar refractivity (Wildman–Crippen MR) is 128 cm³/mol. The molecule has 2 rings (SSSR count). The minimum absolute atomic E-state index is 0.0250. The summed E-state index contributed by atoms with van der Waals surface area (Å²) in [5.41, 5.74) is 11.0. The Morgan fingerprint density at radius 3 is 2.23 bits per heavy atom. The van der Waals surface area contributed by atoms with E-state index >= 15 is 0 Å². The second-order valence-corrected chi connectivity index (χ2v) is 13.1. The Hall–Kier alpha value is -1.53. The van der Waals surface area contributed by atoms with Gasteiger partial charge >= 0.3 is 0 Å². The van der Waals surface area contributed by atoms with Crippen molar-refractivity contribution in [1.29, 1.82) is 0 Å². The second-order valence-electron chi connectivity index (χ2n) is 10.8. The lowest BCUT2D eigenvalue weighted by atomic mass is 9.68. The van der Waals surface area contributed by atoms with Crippen molar-refractivity contribution in [3.63, 3.8) is 0 Å². The van der Waals surface area contributed by atoms with E-state index in [1.54, 1.807) is 0 Å². The maximum atomic E-state index is 12.4. The Bertz CT molecular complexity index is 767. The molecule has 1 aromatic carbocycles. The molecule has 3 unspecified atom stereocenters. The molecular weight excluding hydrogens is 394 g/mol. The maximum absolute atomic E-state index is 12.4. The van der Waals surface area contributed by atoms with Crippen LogP contribution in [0.5, 0.6) is 0 Å². The van der Waals surface area contributed by atoms with Crippen LogP contribution in [0.15, 0.2) is 30.3 Å². The average Bonchev–Trinajstić information content (AvgIpc) is 2.94. The van der Waals surface area contributed by atoms with Crippen molar-refractivity contribution in [3.8, 4) is 0 Å². The third-order valence-electron chi connectivity index (χ3n) is 6.83. The van der Waals surface area contributed by atoms with Crippen molar-refractivity contribution < 1.29 is 9.59 Å². The number of rotatable bonds is 10. The minimum Gasteiger partial charge on any atom is -0.372 e. The molecule has 5 N–H and O–H groups in total. The SMILES string of the molecule is CC(C)(CC(C)(C)C(C=O)(CN)Nc1ccccc1)SC1(C)CCC(C)(C(N)=O)C1. The molecule has 0 bridgehead atoms. The summed E-state index contributed by atoms with van der Waals surface area (Å²) in [6.07, 6.45) is 4.31. The van der Waals surface area contributed by atoms with E-state index in [9.17, 15) is 9.59 Å². The molecule has 168 valence electrons. The van der Waals surface area contributed by atoms with Crippen molar-refractivity contribution in [2.75, 3.05) is 11.9 Å². The Kier molecular flexibility index (Phi) is 7.04. The topological polar surface area (TPSA) is 98.2 Å². The summed E-state index contributed by atoms with van der Waals surface area (Å²) < 4.78 is -0.147. The van der Waals surface area contributed by atoms with Crippen LogP contribution in [0.1, 0.15) is 67.2 Å². The largest absolute Gasteiger partial charge is 0.372 e. The normalized spacial score (nSPS) is 26.8. The van der Waals surface area contributed by atoms with Gasteiger partial charge in [-0.1, -0.05) is 59.7 Å². The zero-order valence-electron chi connectivity index (χ0n) is 19.4. The number of carbonyl (C=O) groups is 2. The number of hydrogen-bond acceptors (Lipinski definition) is 5. The lowest BCUT2D eigenvalue weighted by Crippen LogP contribution is -2.59. The van der Waals surface area contributed by atoms with Gasteiger partial charge in [-0.15, -0.1) is 11.8 Å². The number of nitrogens with one attached hydrogen (secondary N) is 1. The van der Waals surface area contributed by atoms with Crippen molar-refractivity contribution in [2.24, 2.45) is 22.3 Å². The first-order valence-corrected chi connectivity index (χ1v) is 11.5. The van der Waals surface area contributed by atoms with Crippen LogP contribution in [0.2, 0.25) is 0 Å². The van der Waals surface area contributed by atoms with E-state index in [0.717, 1.165) is 37.7 Å². The number of hydrogen-bond donors (Lipinski definition) is 3. The van der Waals surface area contributed by atoms with Gasteiger partial charge in [0.15, 0.2) is 0 Å². The Labute approximate surface area is 186 Å². The molecule has 30 heavy (non-hydrogen) atoms. The highest BCUT2D eigenvalue weighted by atomic mass is 32.2. The van der Waals surface area contributed by atoms with Gasteiger partial charge in [-0.25, -0.2) is 0 Å². The summed E-state index contributed by atoms with van der Waals surface area (Å²) in [6, 6.07) is 9.74. The molecule has 5 nitrogen and oxygen atoms in total. The Balaban J connectivity index is 2.22. The molecular formula is C24H39N3O2S. The summed E-state index contributed by atoms with van der Waals surface area (Å²) in [5, 5.41) is 3.42. The highest BCUT2D eigenvalue weighted by Gasteiger charge is 2.51. The molecule has 0 aromatic heterocycles. The Morgan fingerprint density at radius 2 is 1.77 bits per heavy atom.